The Morgan fingerprint density at radius 2 is 2.00 bits per heavy atom. The Morgan fingerprint density at radius 3 is 2.70 bits per heavy atom. The number of nitrogens with one attached hydrogen (secondary N) is 1. The summed E-state index contributed by atoms with van der Waals surface area (Å²) in [5, 5.41) is 4.87. The molecule has 3 heterocycles. The molecule has 30 heavy (non-hydrogen) atoms. The van der Waals surface area contributed by atoms with E-state index in [1.54, 1.807) is 4.52 Å². The first-order valence-corrected chi connectivity index (χ1v) is 11.0. The van der Waals surface area contributed by atoms with Gasteiger partial charge in [0.2, 0.25) is 0 Å². The molecule has 1 aliphatic heterocycles. The van der Waals surface area contributed by atoms with Crippen LogP contribution >= 0.6 is 0 Å². The van der Waals surface area contributed by atoms with Crippen LogP contribution in [-0.2, 0) is 4.74 Å². The van der Waals surface area contributed by atoms with E-state index >= 15 is 0 Å². The topological polar surface area (TPSA) is 84.8 Å². The van der Waals surface area contributed by atoms with Crippen molar-refractivity contribution in [3.63, 3.8) is 0 Å². The van der Waals surface area contributed by atoms with Crippen molar-refractivity contribution in [1.29, 1.82) is 0 Å². The summed E-state index contributed by atoms with van der Waals surface area (Å²) < 4.78 is 13.1. The molecule has 0 amide bonds. The van der Waals surface area contributed by atoms with E-state index in [9.17, 15) is 4.79 Å². The van der Waals surface area contributed by atoms with Crippen molar-refractivity contribution in [3.8, 4) is 17.1 Å². The molecule has 1 saturated carbocycles. The van der Waals surface area contributed by atoms with Crippen LogP contribution in [0.15, 0.2) is 23.0 Å². The van der Waals surface area contributed by atoms with Crippen LogP contribution in [0.25, 0.3) is 16.9 Å². The van der Waals surface area contributed by atoms with Crippen molar-refractivity contribution in [2.45, 2.75) is 64.4 Å². The minimum Gasteiger partial charge on any atom is -0.493 e. The van der Waals surface area contributed by atoms with Gasteiger partial charge in [-0.05, 0) is 44.4 Å². The van der Waals surface area contributed by atoms with Crippen LogP contribution in [0.2, 0.25) is 0 Å². The van der Waals surface area contributed by atoms with Gasteiger partial charge in [0.15, 0.2) is 11.3 Å². The van der Waals surface area contributed by atoms with Crippen LogP contribution in [0.3, 0.4) is 0 Å². The Balaban J connectivity index is 1.66. The molecule has 1 aliphatic carbocycles. The molecule has 2 aromatic heterocycles. The molecule has 0 radical (unpaired) electrons. The van der Waals surface area contributed by atoms with Crippen LogP contribution in [0.1, 0.15) is 74.6 Å². The quantitative estimate of drug-likeness (QED) is 0.503. The average Bonchev–Trinajstić information content (AvgIpc) is 3.56. The third kappa shape index (κ3) is 3.51. The highest BCUT2D eigenvalue weighted by molar-refractivity contribution is 5.66. The molecule has 7 heteroatoms. The molecule has 0 bridgehead atoms. The SMILES string of the molecule is CCOc1ccc(C2CO2)cc1-c1nn2c(C3CCCCCC3)nc(C)c2c(=O)[nH]1. The van der Waals surface area contributed by atoms with Gasteiger partial charge >= 0.3 is 0 Å². The van der Waals surface area contributed by atoms with Crippen LogP contribution in [0.5, 0.6) is 5.75 Å². The number of hydrogen-bond donors (Lipinski definition) is 1. The fraction of sp³-hybridized carbons (Fsp3) is 0.522. The average molecular weight is 409 g/mol. The molecule has 1 atom stereocenters. The van der Waals surface area contributed by atoms with Crippen molar-refractivity contribution in [3.05, 3.63) is 45.6 Å². The van der Waals surface area contributed by atoms with Gasteiger partial charge in [-0.2, -0.15) is 0 Å². The van der Waals surface area contributed by atoms with E-state index in [1.807, 2.05) is 32.0 Å². The summed E-state index contributed by atoms with van der Waals surface area (Å²) in [6.45, 7) is 5.10. The number of rotatable bonds is 5. The number of aryl methyl sites for hydroxylation is 1. The molecule has 1 saturated heterocycles. The zero-order chi connectivity index (χ0) is 20.7. The molecular weight excluding hydrogens is 380 g/mol. The van der Waals surface area contributed by atoms with Gasteiger partial charge in [-0.3, -0.25) is 4.79 Å². The first-order chi connectivity index (χ1) is 14.7. The number of aromatic amines is 1. The van der Waals surface area contributed by atoms with Gasteiger partial charge in [0.1, 0.15) is 17.7 Å². The zero-order valence-electron chi connectivity index (χ0n) is 17.6. The van der Waals surface area contributed by atoms with E-state index in [0.29, 0.717) is 29.6 Å². The number of ether oxygens (including phenoxy) is 2. The minimum atomic E-state index is -0.166. The largest absolute Gasteiger partial charge is 0.493 e. The predicted octanol–water partition coefficient (Wildman–Crippen LogP) is 4.30. The van der Waals surface area contributed by atoms with Gasteiger partial charge in [-0.1, -0.05) is 31.7 Å². The number of epoxide rings is 1. The fourth-order valence-electron chi connectivity index (χ4n) is 4.57. The summed E-state index contributed by atoms with van der Waals surface area (Å²) in [7, 11) is 0. The number of benzene rings is 1. The smallest absolute Gasteiger partial charge is 0.277 e. The maximum absolute atomic E-state index is 13.0. The third-order valence-electron chi connectivity index (χ3n) is 6.18. The van der Waals surface area contributed by atoms with Gasteiger partial charge in [-0.15, -0.1) is 5.10 Å². The zero-order valence-corrected chi connectivity index (χ0v) is 17.6. The Labute approximate surface area is 175 Å². The maximum atomic E-state index is 13.0. The van der Waals surface area contributed by atoms with Crippen molar-refractivity contribution in [2.75, 3.05) is 13.2 Å². The molecule has 3 aromatic rings. The Hall–Kier alpha value is -2.67. The monoisotopic (exact) mass is 408 g/mol. The third-order valence-corrected chi connectivity index (χ3v) is 6.18. The van der Waals surface area contributed by atoms with Crippen molar-refractivity contribution >= 4 is 5.52 Å². The fourth-order valence-corrected chi connectivity index (χ4v) is 4.57. The van der Waals surface area contributed by atoms with Crippen molar-refractivity contribution in [1.82, 2.24) is 19.6 Å². The molecule has 1 N–H and O–H groups in total. The van der Waals surface area contributed by atoms with E-state index in [4.69, 9.17) is 19.6 Å². The first kappa shape index (κ1) is 19.3. The Kier molecular flexibility index (Phi) is 5.06. The Bertz CT molecular complexity index is 1120. The normalized spacial score (nSPS) is 19.7. The summed E-state index contributed by atoms with van der Waals surface area (Å²) in [5.74, 6) is 2.47. The minimum absolute atomic E-state index is 0.118. The molecule has 5 rings (SSSR count). The molecule has 1 unspecified atom stereocenters. The molecule has 7 nitrogen and oxygen atoms in total. The van der Waals surface area contributed by atoms with Crippen molar-refractivity contribution in [2.24, 2.45) is 0 Å². The van der Waals surface area contributed by atoms with E-state index in [1.165, 1.54) is 25.7 Å². The summed E-state index contributed by atoms with van der Waals surface area (Å²) >= 11 is 0. The van der Waals surface area contributed by atoms with Crippen LogP contribution in [-0.4, -0.2) is 32.8 Å². The Morgan fingerprint density at radius 1 is 1.23 bits per heavy atom. The standard InChI is InChI=1S/C23H28N4O3/c1-3-29-18-11-10-16(19-13-30-19)12-17(18)21-25-23(28)20-14(2)24-22(27(20)26-21)15-8-6-4-5-7-9-15/h10-12,15,19H,3-9,13H2,1-2H3,(H,25,26,28). The van der Waals surface area contributed by atoms with Gasteiger partial charge in [0.25, 0.3) is 5.56 Å². The molecular formula is C23H28N4O3. The number of aromatic nitrogens is 4. The lowest BCUT2D eigenvalue weighted by molar-refractivity contribution is 0.341. The molecule has 0 spiro atoms. The number of nitrogens with zero attached hydrogens (tertiary/aromatic N) is 3. The second-order valence-electron chi connectivity index (χ2n) is 8.32. The van der Waals surface area contributed by atoms with Crippen LogP contribution < -0.4 is 10.3 Å². The number of imidazole rings is 1. The van der Waals surface area contributed by atoms with Gasteiger partial charge in [-0.25, -0.2) is 9.50 Å². The van der Waals surface area contributed by atoms with E-state index in [0.717, 1.165) is 42.1 Å². The number of H-pyrrole nitrogens is 1. The summed E-state index contributed by atoms with van der Waals surface area (Å²) in [6.07, 6.45) is 7.26. The highest BCUT2D eigenvalue weighted by Crippen LogP contribution is 2.36. The summed E-state index contributed by atoms with van der Waals surface area (Å²) in [4.78, 5) is 20.8. The lowest BCUT2D eigenvalue weighted by atomic mass is 10.00. The van der Waals surface area contributed by atoms with Gasteiger partial charge in [0.05, 0.1) is 24.5 Å². The number of hydrogen-bond acceptors (Lipinski definition) is 5. The summed E-state index contributed by atoms with van der Waals surface area (Å²) in [6, 6.07) is 5.97. The predicted molar refractivity (Wildman–Crippen MR) is 114 cm³/mol. The lowest BCUT2D eigenvalue weighted by Gasteiger charge is -2.14. The van der Waals surface area contributed by atoms with E-state index < -0.39 is 0 Å². The maximum Gasteiger partial charge on any atom is 0.277 e. The van der Waals surface area contributed by atoms with Gasteiger partial charge in [0, 0.05) is 5.92 Å². The highest BCUT2D eigenvalue weighted by Gasteiger charge is 2.27. The van der Waals surface area contributed by atoms with Gasteiger partial charge < -0.3 is 14.5 Å². The second-order valence-corrected chi connectivity index (χ2v) is 8.32. The van der Waals surface area contributed by atoms with Crippen LogP contribution in [0, 0.1) is 6.92 Å². The molecule has 158 valence electrons. The van der Waals surface area contributed by atoms with E-state index in [2.05, 4.69) is 4.98 Å². The van der Waals surface area contributed by atoms with Crippen LogP contribution in [0.4, 0.5) is 0 Å². The lowest BCUT2D eigenvalue weighted by Crippen LogP contribution is -2.17. The molecule has 1 aromatic carbocycles. The molecule has 2 aliphatic rings. The second kappa shape index (κ2) is 7.87. The first-order valence-electron chi connectivity index (χ1n) is 11.0. The van der Waals surface area contributed by atoms with E-state index in [-0.39, 0.29) is 11.7 Å². The molecule has 2 fully saturated rings. The summed E-state index contributed by atoms with van der Waals surface area (Å²) in [5.41, 5.74) is 2.96. The highest BCUT2D eigenvalue weighted by atomic mass is 16.6. The number of fused-ring (bicyclic) bond motifs is 1. The van der Waals surface area contributed by atoms with Crippen molar-refractivity contribution < 1.29 is 9.47 Å².